The van der Waals surface area contributed by atoms with Gasteiger partial charge in [-0.2, -0.15) is 0 Å². The van der Waals surface area contributed by atoms with Crippen molar-refractivity contribution < 1.29 is 4.74 Å². The van der Waals surface area contributed by atoms with Crippen molar-refractivity contribution in [2.75, 3.05) is 18.5 Å². The molecular formula is C9H11NOS2. The standard InChI is InChI=1S/C9H11NOS2/c1-10(13-9(12)11-2)8-6-4-3-5-7-8/h3-7H,1-2H3. The Morgan fingerprint density at radius 1 is 1.38 bits per heavy atom. The second-order valence-corrected chi connectivity index (χ2v) is 4.11. The largest absolute Gasteiger partial charge is 0.481 e. The molecule has 0 bridgehead atoms. The van der Waals surface area contributed by atoms with Gasteiger partial charge in [0.25, 0.3) is 0 Å². The maximum atomic E-state index is 4.93. The van der Waals surface area contributed by atoms with Gasteiger partial charge in [-0.1, -0.05) is 18.2 Å². The van der Waals surface area contributed by atoms with Crippen molar-refractivity contribution in [3.8, 4) is 0 Å². The fourth-order valence-corrected chi connectivity index (χ4v) is 1.70. The molecule has 0 aromatic heterocycles. The minimum atomic E-state index is 0.520. The number of hydrogen-bond acceptors (Lipinski definition) is 4. The molecule has 1 rings (SSSR count). The lowest BCUT2D eigenvalue weighted by molar-refractivity contribution is 0.426. The van der Waals surface area contributed by atoms with Crippen LogP contribution in [0.15, 0.2) is 30.3 Å². The summed E-state index contributed by atoms with van der Waals surface area (Å²) in [7, 11) is 3.53. The van der Waals surface area contributed by atoms with Crippen molar-refractivity contribution >= 4 is 34.2 Å². The molecule has 0 N–H and O–H groups in total. The number of hydrogen-bond donors (Lipinski definition) is 0. The second-order valence-electron chi connectivity index (χ2n) is 2.38. The smallest absolute Gasteiger partial charge is 0.240 e. The molecular weight excluding hydrogens is 202 g/mol. The molecule has 0 aliphatic rings. The summed E-state index contributed by atoms with van der Waals surface area (Å²) >= 11 is 6.33. The summed E-state index contributed by atoms with van der Waals surface area (Å²) < 4.78 is 7.38. The van der Waals surface area contributed by atoms with Crippen LogP contribution >= 0.6 is 24.2 Å². The van der Waals surface area contributed by atoms with E-state index >= 15 is 0 Å². The van der Waals surface area contributed by atoms with E-state index in [0.717, 1.165) is 5.69 Å². The zero-order chi connectivity index (χ0) is 9.68. The summed E-state index contributed by atoms with van der Waals surface area (Å²) in [5, 5.41) is 0. The molecule has 0 heterocycles. The van der Waals surface area contributed by atoms with Gasteiger partial charge in [-0.25, -0.2) is 0 Å². The Balaban J connectivity index is 2.59. The molecule has 4 heteroatoms. The predicted molar refractivity (Wildman–Crippen MR) is 62.0 cm³/mol. The normalized spacial score (nSPS) is 9.38. The highest BCUT2D eigenvalue weighted by molar-refractivity contribution is 8.23. The first-order valence-electron chi connectivity index (χ1n) is 3.78. The van der Waals surface area contributed by atoms with Crippen LogP contribution in [0.1, 0.15) is 0 Å². The Kier molecular flexibility index (Phi) is 4.05. The third-order valence-corrected chi connectivity index (χ3v) is 2.69. The summed E-state index contributed by atoms with van der Waals surface area (Å²) in [6.45, 7) is 0. The molecule has 0 amide bonds. The summed E-state index contributed by atoms with van der Waals surface area (Å²) in [5.41, 5.74) is 1.10. The van der Waals surface area contributed by atoms with Gasteiger partial charge in [0.15, 0.2) is 0 Å². The average Bonchev–Trinajstić information content (AvgIpc) is 2.19. The van der Waals surface area contributed by atoms with Crippen LogP contribution < -0.4 is 4.31 Å². The fourth-order valence-electron chi connectivity index (χ4n) is 0.840. The first-order valence-corrected chi connectivity index (χ1v) is 4.97. The van der Waals surface area contributed by atoms with E-state index in [-0.39, 0.29) is 0 Å². The van der Waals surface area contributed by atoms with Gasteiger partial charge in [-0.05, 0) is 24.4 Å². The van der Waals surface area contributed by atoms with Crippen molar-refractivity contribution in [3.63, 3.8) is 0 Å². The molecule has 0 aliphatic carbocycles. The Bertz CT molecular complexity index is 276. The average molecular weight is 213 g/mol. The van der Waals surface area contributed by atoms with E-state index in [0.29, 0.717) is 4.38 Å². The van der Waals surface area contributed by atoms with Gasteiger partial charge < -0.3 is 9.04 Å². The molecule has 0 fully saturated rings. The lowest BCUT2D eigenvalue weighted by Crippen LogP contribution is -2.10. The molecule has 0 radical (unpaired) electrons. The van der Waals surface area contributed by atoms with Crippen LogP contribution in [0.4, 0.5) is 5.69 Å². The monoisotopic (exact) mass is 213 g/mol. The Labute approximate surface area is 88.0 Å². The number of benzene rings is 1. The van der Waals surface area contributed by atoms with Crippen LogP contribution in [0.25, 0.3) is 0 Å². The molecule has 1 aromatic carbocycles. The zero-order valence-electron chi connectivity index (χ0n) is 7.56. The first-order chi connectivity index (χ1) is 6.24. The van der Waals surface area contributed by atoms with Gasteiger partial charge in [0.1, 0.15) is 0 Å². The Hall–Kier alpha value is -0.740. The summed E-state index contributed by atoms with van der Waals surface area (Å²) in [6, 6.07) is 10.00. The lowest BCUT2D eigenvalue weighted by Gasteiger charge is -2.16. The number of methoxy groups -OCH3 is 1. The zero-order valence-corrected chi connectivity index (χ0v) is 9.19. The van der Waals surface area contributed by atoms with Gasteiger partial charge in [-0.15, -0.1) is 0 Å². The SMILES string of the molecule is COC(=S)SN(C)c1ccccc1. The highest BCUT2D eigenvalue weighted by atomic mass is 32.2. The highest BCUT2D eigenvalue weighted by Crippen LogP contribution is 2.20. The second kappa shape index (κ2) is 5.09. The Morgan fingerprint density at radius 3 is 2.54 bits per heavy atom. The molecule has 0 atom stereocenters. The molecule has 0 unspecified atom stereocenters. The van der Waals surface area contributed by atoms with Gasteiger partial charge in [0, 0.05) is 24.7 Å². The van der Waals surface area contributed by atoms with Gasteiger partial charge in [0.05, 0.1) is 7.11 Å². The summed E-state index contributed by atoms with van der Waals surface area (Å²) in [6.07, 6.45) is 0. The summed E-state index contributed by atoms with van der Waals surface area (Å²) in [4.78, 5) is 0. The number of thiocarbonyl (C=S) groups is 1. The molecule has 0 saturated carbocycles. The molecule has 0 spiro atoms. The number of anilines is 1. The lowest BCUT2D eigenvalue weighted by atomic mass is 10.3. The van der Waals surface area contributed by atoms with E-state index in [1.807, 2.05) is 41.7 Å². The maximum Gasteiger partial charge on any atom is 0.240 e. The quantitative estimate of drug-likeness (QED) is 0.553. The van der Waals surface area contributed by atoms with E-state index in [1.165, 1.54) is 11.9 Å². The van der Waals surface area contributed by atoms with Crippen LogP contribution in [0, 0.1) is 0 Å². The van der Waals surface area contributed by atoms with Crippen molar-refractivity contribution in [2.45, 2.75) is 0 Å². The third-order valence-electron chi connectivity index (χ3n) is 1.50. The van der Waals surface area contributed by atoms with Gasteiger partial charge in [0.2, 0.25) is 4.38 Å². The Morgan fingerprint density at radius 2 is 2.00 bits per heavy atom. The topological polar surface area (TPSA) is 12.5 Å². The molecule has 2 nitrogen and oxygen atoms in total. The molecule has 0 aliphatic heterocycles. The predicted octanol–water partition coefficient (Wildman–Crippen LogP) is 2.70. The molecule has 70 valence electrons. The van der Waals surface area contributed by atoms with E-state index < -0.39 is 0 Å². The van der Waals surface area contributed by atoms with Crippen molar-refractivity contribution in [2.24, 2.45) is 0 Å². The van der Waals surface area contributed by atoms with Crippen molar-refractivity contribution in [3.05, 3.63) is 30.3 Å². The van der Waals surface area contributed by atoms with Crippen LogP contribution in [-0.2, 0) is 4.74 Å². The van der Waals surface area contributed by atoms with Gasteiger partial charge >= 0.3 is 0 Å². The van der Waals surface area contributed by atoms with Crippen LogP contribution in [0.2, 0.25) is 0 Å². The van der Waals surface area contributed by atoms with E-state index in [4.69, 9.17) is 17.0 Å². The maximum absolute atomic E-state index is 4.93. The minimum absolute atomic E-state index is 0.520. The van der Waals surface area contributed by atoms with Crippen LogP contribution in [0.5, 0.6) is 0 Å². The summed E-state index contributed by atoms with van der Waals surface area (Å²) in [5.74, 6) is 0. The molecule has 1 aromatic rings. The molecule has 0 saturated heterocycles. The number of para-hydroxylation sites is 1. The number of ether oxygens (including phenoxy) is 1. The van der Waals surface area contributed by atoms with E-state index in [9.17, 15) is 0 Å². The minimum Gasteiger partial charge on any atom is -0.481 e. The van der Waals surface area contributed by atoms with Gasteiger partial charge in [-0.3, -0.25) is 0 Å². The third kappa shape index (κ3) is 3.24. The number of rotatable bonds is 2. The first kappa shape index (κ1) is 10.3. The molecule has 13 heavy (non-hydrogen) atoms. The van der Waals surface area contributed by atoms with Crippen LogP contribution in [0.3, 0.4) is 0 Å². The fraction of sp³-hybridized carbons (Fsp3) is 0.222. The van der Waals surface area contributed by atoms with E-state index in [1.54, 1.807) is 7.11 Å². The van der Waals surface area contributed by atoms with E-state index in [2.05, 4.69) is 0 Å². The highest BCUT2D eigenvalue weighted by Gasteiger charge is 2.03. The number of nitrogens with zero attached hydrogens (tertiary/aromatic N) is 1. The van der Waals surface area contributed by atoms with Crippen molar-refractivity contribution in [1.82, 2.24) is 0 Å². The van der Waals surface area contributed by atoms with Crippen LogP contribution in [-0.4, -0.2) is 18.5 Å². The van der Waals surface area contributed by atoms with Crippen molar-refractivity contribution in [1.29, 1.82) is 0 Å².